The zero-order chi connectivity index (χ0) is 46.7. The molecule has 2 heterocycles. The summed E-state index contributed by atoms with van der Waals surface area (Å²) in [7, 11) is 0. The van der Waals surface area contributed by atoms with E-state index in [9.17, 15) is 0 Å². The van der Waals surface area contributed by atoms with Gasteiger partial charge in [0.05, 0.1) is 0 Å². The fraction of sp³-hybridized carbons (Fsp3) is 0.484. The standard InChI is InChI=1S/C62H82N4O/c1-5-9-13-17-21-25-49-29-33-53(34-30-49)59(55-37-41-57(42-38-55)61-63-45-51(46-64-61)27-23-19-15-11-7-3)67-60(54-35-31-50(32-36-54)26-22-18-14-10-6-2)56-39-43-58(44-40-56)62-65-47-52(48-66-62)28-24-20-16-12-8-4/h29-48,59-60H,5-28H2,1-4H3. The van der Waals surface area contributed by atoms with Gasteiger partial charge >= 0.3 is 0 Å². The summed E-state index contributed by atoms with van der Waals surface area (Å²) in [6.07, 6.45) is 37.2. The van der Waals surface area contributed by atoms with Crippen molar-refractivity contribution in [1.29, 1.82) is 0 Å². The molecule has 0 spiro atoms. The van der Waals surface area contributed by atoms with Gasteiger partial charge in [-0.3, -0.25) is 0 Å². The number of aromatic nitrogens is 4. The molecule has 0 amide bonds. The summed E-state index contributed by atoms with van der Waals surface area (Å²) >= 11 is 0. The largest absolute Gasteiger partial charge is 0.356 e. The number of hydrogen-bond acceptors (Lipinski definition) is 5. The van der Waals surface area contributed by atoms with Gasteiger partial charge in [-0.15, -0.1) is 0 Å². The highest BCUT2D eigenvalue weighted by Gasteiger charge is 2.24. The first kappa shape index (κ1) is 51.4. The van der Waals surface area contributed by atoms with Gasteiger partial charge in [0.2, 0.25) is 0 Å². The Morgan fingerprint density at radius 3 is 0.836 bits per heavy atom. The highest BCUT2D eigenvalue weighted by Crippen LogP contribution is 2.38. The lowest BCUT2D eigenvalue weighted by Crippen LogP contribution is -2.14. The van der Waals surface area contributed by atoms with Crippen LogP contribution in [0.5, 0.6) is 0 Å². The third-order valence-corrected chi connectivity index (χ3v) is 13.5. The van der Waals surface area contributed by atoms with Crippen LogP contribution >= 0.6 is 0 Å². The van der Waals surface area contributed by atoms with Crippen molar-refractivity contribution in [3.8, 4) is 22.8 Å². The predicted octanol–water partition coefficient (Wildman–Crippen LogP) is 17.5. The smallest absolute Gasteiger partial charge is 0.159 e. The van der Waals surface area contributed by atoms with Crippen LogP contribution in [-0.4, -0.2) is 19.9 Å². The molecule has 67 heavy (non-hydrogen) atoms. The highest BCUT2D eigenvalue weighted by molar-refractivity contribution is 5.57. The zero-order valence-electron chi connectivity index (χ0n) is 41.9. The fourth-order valence-corrected chi connectivity index (χ4v) is 9.16. The number of nitrogens with zero attached hydrogens (tertiary/aromatic N) is 4. The van der Waals surface area contributed by atoms with E-state index in [1.807, 2.05) is 24.8 Å². The molecule has 2 unspecified atom stereocenters. The number of benzene rings is 4. The van der Waals surface area contributed by atoms with Crippen LogP contribution in [0.25, 0.3) is 22.8 Å². The number of hydrogen-bond donors (Lipinski definition) is 0. The van der Waals surface area contributed by atoms with E-state index in [1.54, 1.807) is 0 Å². The zero-order valence-corrected chi connectivity index (χ0v) is 41.9. The molecule has 0 bridgehead atoms. The summed E-state index contributed by atoms with van der Waals surface area (Å²) < 4.78 is 7.51. The third-order valence-electron chi connectivity index (χ3n) is 13.5. The lowest BCUT2D eigenvalue weighted by atomic mass is 9.95. The maximum atomic E-state index is 7.51. The second kappa shape index (κ2) is 29.7. The molecule has 0 N–H and O–H groups in total. The van der Waals surface area contributed by atoms with Crippen LogP contribution in [0, 0.1) is 0 Å². The Kier molecular flexibility index (Phi) is 22.8. The molecule has 0 saturated heterocycles. The fourth-order valence-electron chi connectivity index (χ4n) is 9.16. The van der Waals surface area contributed by atoms with E-state index in [4.69, 9.17) is 24.7 Å². The minimum absolute atomic E-state index is 0.315. The SMILES string of the molecule is CCCCCCCc1ccc(C(OC(c2ccc(CCCCCCC)cc2)c2ccc(-c3ncc(CCCCCCC)cn3)cc2)c2ccc(-c3ncc(CCCCCCC)cn3)cc2)cc1. The minimum Gasteiger partial charge on any atom is -0.356 e. The van der Waals surface area contributed by atoms with Gasteiger partial charge in [-0.25, -0.2) is 19.9 Å². The Bertz CT molecular complexity index is 2040. The molecule has 4 aromatic carbocycles. The first-order chi connectivity index (χ1) is 33.1. The number of unbranched alkanes of at least 4 members (excludes halogenated alkanes) is 16. The second-order valence-electron chi connectivity index (χ2n) is 19.1. The number of ether oxygens (including phenoxy) is 1. The number of rotatable bonds is 32. The van der Waals surface area contributed by atoms with E-state index in [-0.39, 0.29) is 12.2 Å². The molecule has 0 fully saturated rings. The molecule has 2 atom stereocenters. The molecule has 356 valence electrons. The summed E-state index contributed by atoms with van der Waals surface area (Å²) in [5, 5.41) is 0. The first-order valence-corrected chi connectivity index (χ1v) is 26.7. The molecule has 0 aliphatic carbocycles. The van der Waals surface area contributed by atoms with Crippen LogP contribution in [0.4, 0.5) is 0 Å². The Hall–Kier alpha value is -5.00. The van der Waals surface area contributed by atoms with Crippen molar-refractivity contribution in [2.75, 3.05) is 0 Å². The molecule has 6 aromatic rings. The quantitative estimate of drug-likeness (QED) is 0.0395. The molecule has 0 aliphatic heterocycles. The Morgan fingerprint density at radius 2 is 0.552 bits per heavy atom. The van der Waals surface area contributed by atoms with Crippen molar-refractivity contribution in [3.05, 3.63) is 166 Å². The Balaban J connectivity index is 1.27. The van der Waals surface area contributed by atoms with Crippen LogP contribution in [0.1, 0.15) is 213 Å². The van der Waals surface area contributed by atoms with Crippen LogP contribution < -0.4 is 0 Å². The summed E-state index contributed by atoms with van der Waals surface area (Å²) in [5.41, 5.74) is 11.7. The van der Waals surface area contributed by atoms with Crippen molar-refractivity contribution in [1.82, 2.24) is 19.9 Å². The molecule has 0 radical (unpaired) electrons. The lowest BCUT2D eigenvalue weighted by molar-refractivity contribution is 0.0308. The topological polar surface area (TPSA) is 60.8 Å². The molecule has 0 saturated carbocycles. The van der Waals surface area contributed by atoms with Crippen molar-refractivity contribution in [2.45, 2.75) is 194 Å². The van der Waals surface area contributed by atoms with Gasteiger partial charge in [-0.1, -0.05) is 227 Å². The van der Waals surface area contributed by atoms with E-state index < -0.39 is 0 Å². The summed E-state index contributed by atoms with van der Waals surface area (Å²) in [5.74, 6) is 1.51. The van der Waals surface area contributed by atoms with Gasteiger partial charge in [-0.2, -0.15) is 0 Å². The van der Waals surface area contributed by atoms with E-state index in [2.05, 4.69) is 125 Å². The van der Waals surface area contributed by atoms with Gasteiger partial charge in [0, 0.05) is 35.9 Å². The normalized spacial score (nSPS) is 12.4. The molecule has 6 rings (SSSR count). The monoisotopic (exact) mass is 899 g/mol. The summed E-state index contributed by atoms with van der Waals surface area (Å²) in [4.78, 5) is 19.3. The Labute approximate surface area is 406 Å². The molecule has 0 aliphatic rings. The predicted molar refractivity (Wildman–Crippen MR) is 282 cm³/mol. The van der Waals surface area contributed by atoms with E-state index >= 15 is 0 Å². The van der Waals surface area contributed by atoms with Crippen molar-refractivity contribution in [2.24, 2.45) is 0 Å². The Morgan fingerprint density at radius 1 is 0.299 bits per heavy atom. The highest BCUT2D eigenvalue weighted by atomic mass is 16.5. The summed E-state index contributed by atoms with van der Waals surface area (Å²) in [6.45, 7) is 9.09. The molecule has 2 aromatic heterocycles. The van der Waals surface area contributed by atoms with Crippen LogP contribution in [0.2, 0.25) is 0 Å². The lowest BCUT2D eigenvalue weighted by Gasteiger charge is -2.27. The third kappa shape index (κ3) is 17.2. The molecule has 5 heteroatoms. The summed E-state index contributed by atoms with van der Waals surface area (Å²) in [6, 6.07) is 35.9. The van der Waals surface area contributed by atoms with Crippen LogP contribution in [0.3, 0.4) is 0 Å². The van der Waals surface area contributed by atoms with E-state index in [0.29, 0.717) is 0 Å². The van der Waals surface area contributed by atoms with Crippen molar-refractivity contribution < 1.29 is 4.74 Å². The van der Waals surface area contributed by atoms with E-state index in [1.165, 1.54) is 151 Å². The van der Waals surface area contributed by atoms with Crippen LogP contribution in [-0.2, 0) is 30.4 Å². The molecule has 5 nitrogen and oxygen atoms in total. The van der Waals surface area contributed by atoms with Gasteiger partial charge < -0.3 is 4.74 Å². The first-order valence-electron chi connectivity index (χ1n) is 26.7. The van der Waals surface area contributed by atoms with Gasteiger partial charge in [0.25, 0.3) is 0 Å². The van der Waals surface area contributed by atoms with E-state index in [0.717, 1.165) is 70.7 Å². The average molecular weight is 899 g/mol. The molecular formula is C62H82N4O. The minimum atomic E-state index is -0.315. The van der Waals surface area contributed by atoms with Crippen molar-refractivity contribution >= 4 is 0 Å². The van der Waals surface area contributed by atoms with Gasteiger partial charge in [0.1, 0.15) is 12.2 Å². The van der Waals surface area contributed by atoms with Gasteiger partial charge in [-0.05, 0) is 95.9 Å². The number of aryl methyl sites for hydroxylation is 4. The maximum Gasteiger partial charge on any atom is 0.159 e. The second-order valence-corrected chi connectivity index (χ2v) is 19.1. The van der Waals surface area contributed by atoms with Crippen LogP contribution in [0.15, 0.2) is 122 Å². The average Bonchev–Trinajstić information content (AvgIpc) is 3.37. The van der Waals surface area contributed by atoms with Gasteiger partial charge in [0.15, 0.2) is 11.6 Å². The van der Waals surface area contributed by atoms with Crippen molar-refractivity contribution in [3.63, 3.8) is 0 Å². The maximum absolute atomic E-state index is 7.51. The molecular weight excluding hydrogens is 817 g/mol.